The van der Waals surface area contributed by atoms with Gasteiger partial charge in [0.15, 0.2) is 0 Å². The average molecular weight is 647 g/mol. The molecule has 0 atom stereocenters. The molecular formula is C47H26N4. The Labute approximate surface area is 294 Å². The van der Waals surface area contributed by atoms with E-state index in [-0.39, 0.29) is 0 Å². The number of fused-ring (bicyclic) bond motifs is 5. The standard InChI is InChI=1S/C47H26N4/c48-27-30-17-23-43-41(25-30)42-26-31(28-49)18-24-44(42)51(43)35-21-19-33(20-22-35)45-34(29-50)11-8-16-40(45)47-38-14-6-4-12-36(38)46(32-9-2-1-3-10-32)37-13-5-7-15-39(37)47/h1-26H. The van der Waals surface area contributed by atoms with Crippen molar-refractivity contribution >= 4 is 43.4 Å². The molecule has 0 saturated carbocycles. The zero-order valence-corrected chi connectivity index (χ0v) is 27.3. The van der Waals surface area contributed by atoms with Crippen molar-refractivity contribution in [3.05, 3.63) is 174 Å². The van der Waals surface area contributed by atoms with Crippen LogP contribution in [0.2, 0.25) is 0 Å². The van der Waals surface area contributed by atoms with Crippen molar-refractivity contribution in [2.75, 3.05) is 0 Å². The summed E-state index contributed by atoms with van der Waals surface area (Å²) in [4.78, 5) is 0. The fraction of sp³-hybridized carbons (Fsp3) is 0. The number of nitriles is 3. The number of hydrogen-bond acceptors (Lipinski definition) is 3. The smallest absolute Gasteiger partial charge is 0.0998 e. The summed E-state index contributed by atoms with van der Waals surface area (Å²) in [7, 11) is 0. The number of hydrogen-bond donors (Lipinski definition) is 0. The maximum absolute atomic E-state index is 10.5. The van der Waals surface area contributed by atoms with E-state index in [1.54, 1.807) is 0 Å². The topological polar surface area (TPSA) is 76.3 Å². The van der Waals surface area contributed by atoms with Crippen LogP contribution in [0.15, 0.2) is 158 Å². The van der Waals surface area contributed by atoms with Crippen molar-refractivity contribution in [3.8, 4) is 57.3 Å². The average Bonchev–Trinajstić information content (AvgIpc) is 3.52. The van der Waals surface area contributed by atoms with Gasteiger partial charge in [0.2, 0.25) is 0 Å². The molecule has 0 aliphatic carbocycles. The molecule has 0 unspecified atom stereocenters. The van der Waals surface area contributed by atoms with Crippen LogP contribution in [0.5, 0.6) is 0 Å². The second kappa shape index (κ2) is 11.9. The number of rotatable bonds is 4. The van der Waals surface area contributed by atoms with Crippen LogP contribution in [-0.2, 0) is 0 Å². The van der Waals surface area contributed by atoms with Crippen LogP contribution in [-0.4, -0.2) is 4.57 Å². The molecule has 0 radical (unpaired) electrons. The van der Waals surface area contributed by atoms with E-state index in [1.165, 1.54) is 5.56 Å². The van der Waals surface area contributed by atoms with Gasteiger partial charge in [0.25, 0.3) is 0 Å². The van der Waals surface area contributed by atoms with E-state index in [0.29, 0.717) is 16.7 Å². The molecule has 4 nitrogen and oxygen atoms in total. The van der Waals surface area contributed by atoms with Gasteiger partial charge in [-0.3, -0.25) is 0 Å². The highest BCUT2D eigenvalue weighted by Crippen LogP contribution is 2.47. The Hall–Kier alpha value is -7.45. The predicted octanol–water partition coefficient (Wildman–Crippen LogP) is 11.7. The first-order chi connectivity index (χ1) is 25.2. The van der Waals surface area contributed by atoms with E-state index in [2.05, 4.69) is 126 Å². The molecule has 0 saturated heterocycles. The summed E-state index contributed by atoms with van der Waals surface area (Å²) in [5, 5.41) is 36.2. The third kappa shape index (κ3) is 4.66. The zero-order valence-electron chi connectivity index (χ0n) is 27.3. The molecule has 4 heteroatoms. The Balaban J connectivity index is 1.28. The van der Waals surface area contributed by atoms with Crippen molar-refractivity contribution in [1.29, 1.82) is 15.8 Å². The zero-order chi connectivity index (χ0) is 34.5. The van der Waals surface area contributed by atoms with Gasteiger partial charge in [0.05, 0.1) is 45.9 Å². The lowest BCUT2D eigenvalue weighted by Gasteiger charge is -2.20. The summed E-state index contributed by atoms with van der Waals surface area (Å²) in [6, 6.07) is 60.3. The van der Waals surface area contributed by atoms with Gasteiger partial charge < -0.3 is 4.57 Å². The second-order valence-electron chi connectivity index (χ2n) is 12.6. The highest BCUT2D eigenvalue weighted by Gasteiger charge is 2.21. The van der Waals surface area contributed by atoms with Crippen LogP contribution < -0.4 is 0 Å². The van der Waals surface area contributed by atoms with Crippen molar-refractivity contribution in [1.82, 2.24) is 4.57 Å². The normalized spacial score (nSPS) is 11.1. The molecule has 0 N–H and O–H groups in total. The Morgan fingerprint density at radius 3 is 1.41 bits per heavy atom. The van der Waals surface area contributed by atoms with E-state index in [4.69, 9.17) is 0 Å². The Morgan fingerprint density at radius 1 is 0.373 bits per heavy atom. The fourth-order valence-electron chi connectivity index (χ4n) is 7.72. The van der Waals surface area contributed by atoms with Crippen LogP contribution in [0.3, 0.4) is 0 Å². The summed E-state index contributed by atoms with van der Waals surface area (Å²) < 4.78 is 2.16. The lowest BCUT2D eigenvalue weighted by Crippen LogP contribution is -1.96. The van der Waals surface area contributed by atoms with Crippen LogP contribution >= 0.6 is 0 Å². The summed E-state index contributed by atoms with van der Waals surface area (Å²) in [6.07, 6.45) is 0. The van der Waals surface area contributed by atoms with E-state index in [0.717, 1.165) is 76.9 Å². The van der Waals surface area contributed by atoms with Gasteiger partial charge in [-0.15, -0.1) is 0 Å². The molecule has 234 valence electrons. The number of nitrogens with zero attached hydrogens (tertiary/aromatic N) is 4. The van der Waals surface area contributed by atoms with E-state index >= 15 is 0 Å². The minimum absolute atomic E-state index is 0.566. The molecule has 1 heterocycles. The Bertz CT molecular complexity index is 2860. The quantitative estimate of drug-likeness (QED) is 0.179. The number of aromatic nitrogens is 1. The first kappa shape index (κ1) is 29.7. The highest BCUT2D eigenvalue weighted by molar-refractivity contribution is 6.22. The molecule has 0 bridgehead atoms. The van der Waals surface area contributed by atoms with Crippen molar-refractivity contribution < 1.29 is 0 Å². The van der Waals surface area contributed by atoms with Gasteiger partial charge in [-0.1, -0.05) is 103 Å². The van der Waals surface area contributed by atoms with Crippen LogP contribution in [0.4, 0.5) is 0 Å². The summed E-state index contributed by atoms with van der Waals surface area (Å²) >= 11 is 0. The van der Waals surface area contributed by atoms with Gasteiger partial charge in [-0.05, 0) is 104 Å². The van der Waals surface area contributed by atoms with Gasteiger partial charge in [0.1, 0.15) is 0 Å². The lowest BCUT2D eigenvalue weighted by atomic mass is 9.83. The largest absolute Gasteiger partial charge is 0.309 e. The van der Waals surface area contributed by atoms with Crippen LogP contribution in [0.25, 0.3) is 82.4 Å². The van der Waals surface area contributed by atoms with Gasteiger partial charge in [0, 0.05) is 22.0 Å². The van der Waals surface area contributed by atoms with E-state index in [1.807, 2.05) is 54.6 Å². The molecule has 0 fully saturated rings. The predicted molar refractivity (Wildman–Crippen MR) is 206 cm³/mol. The van der Waals surface area contributed by atoms with Crippen LogP contribution in [0.1, 0.15) is 16.7 Å². The first-order valence-electron chi connectivity index (χ1n) is 16.7. The fourth-order valence-corrected chi connectivity index (χ4v) is 7.72. The molecule has 0 aliphatic rings. The van der Waals surface area contributed by atoms with Crippen molar-refractivity contribution in [2.45, 2.75) is 0 Å². The maximum Gasteiger partial charge on any atom is 0.0998 e. The van der Waals surface area contributed by atoms with Crippen molar-refractivity contribution in [3.63, 3.8) is 0 Å². The molecule has 0 spiro atoms. The molecule has 9 rings (SSSR count). The highest BCUT2D eigenvalue weighted by atomic mass is 15.0. The van der Waals surface area contributed by atoms with Crippen molar-refractivity contribution in [2.24, 2.45) is 0 Å². The minimum Gasteiger partial charge on any atom is -0.309 e. The molecule has 0 aliphatic heterocycles. The molecule has 9 aromatic rings. The monoisotopic (exact) mass is 646 g/mol. The summed E-state index contributed by atoms with van der Waals surface area (Å²) in [5.74, 6) is 0. The van der Waals surface area contributed by atoms with Gasteiger partial charge >= 0.3 is 0 Å². The molecule has 1 aromatic heterocycles. The SMILES string of the molecule is N#Cc1ccc2c(c1)c1cc(C#N)ccc1n2-c1ccc(-c2c(C#N)cccc2-c2c3ccccc3c(-c3ccccc3)c3ccccc23)cc1. The van der Waals surface area contributed by atoms with E-state index in [9.17, 15) is 15.8 Å². The third-order valence-corrected chi connectivity index (χ3v) is 9.89. The van der Waals surface area contributed by atoms with Gasteiger partial charge in [-0.2, -0.15) is 15.8 Å². The molecule has 0 amide bonds. The Morgan fingerprint density at radius 2 is 0.882 bits per heavy atom. The maximum atomic E-state index is 10.5. The minimum atomic E-state index is 0.566. The van der Waals surface area contributed by atoms with E-state index < -0.39 is 0 Å². The molecule has 51 heavy (non-hydrogen) atoms. The first-order valence-corrected chi connectivity index (χ1v) is 16.7. The lowest BCUT2D eigenvalue weighted by molar-refractivity contribution is 1.18. The molecular weight excluding hydrogens is 621 g/mol. The summed E-state index contributed by atoms with van der Waals surface area (Å²) in [6.45, 7) is 0. The second-order valence-corrected chi connectivity index (χ2v) is 12.6. The molecule has 8 aromatic carbocycles. The summed E-state index contributed by atoms with van der Waals surface area (Å²) in [5.41, 5.74) is 10.8. The third-order valence-electron chi connectivity index (χ3n) is 9.89. The number of benzene rings is 8. The van der Waals surface area contributed by atoms with Gasteiger partial charge in [-0.25, -0.2) is 0 Å². The Kier molecular flexibility index (Phi) is 6.93. The van der Waals surface area contributed by atoms with Crippen LogP contribution in [0, 0.1) is 34.0 Å².